The van der Waals surface area contributed by atoms with E-state index in [4.69, 9.17) is 0 Å². The quantitative estimate of drug-likeness (QED) is 0.330. The predicted octanol–water partition coefficient (Wildman–Crippen LogP) is -10.8. The Kier molecular flexibility index (Phi) is 16.6. The Hall–Kier alpha value is -0.668. The van der Waals surface area contributed by atoms with Crippen molar-refractivity contribution in [3.05, 3.63) is 0 Å². The van der Waals surface area contributed by atoms with E-state index in [0.29, 0.717) is 0 Å². The maximum atomic E-state index is 10.4. The number of carbonyl (C=O) groups excluding carboxylic acids is 4. The second-order valence-electron chi connectivity index (χ2n) is 3.91. The molecule has 0 aliphatic carbocycles. The fraction of sp³-hybridized carbons (Fsp3) is 0.600. The maximum Gasteiger partial charge on any atom is 3.00 e. The molecule has 114 valence electrons. The molecular weight excluding hydrogens is 326 g/mol. The molecule has 0 aromatic heterocycles. The van der Waals surface area contributed by atoms with Gasteiger partial charge in [0.15, 0.2) is 0 Å². The smallest absolute Gasteiger partial charge is 0.549 e. The second kappa shape index (κ2) is 14.0. The van der Waals surface area contributed by atoms with Crippen LogP contribution in [0.5, 0.6) is 0 Å². The Morgan fingerprint density at radius 3 is 0.909 bits per heavy atom. The number of rotatable bonds is 11. The summed E-state index contributed by atoms with van der Waals surface area (Å²) in [4.78, 5) is 43.4. The molecule has 0 aromatic carbocycles. The fourth-order valence-corrected chi connectivity index (χ4v) is 1.44. The Balaban J connectivity index is -0.00000180. The molecule has 0 aliphatic heterocycles. The van der Waals surface area contributed by atoms with Gasteiger partial charge in [0.2, 0.25) is 0 Å². The van der Waals surface area contributed by atoms with Crippen LogP contribution in [-0.4, -0.2) is 90.3 Å². The zero-order valence-corrected chi connectivity index (χ0v) is 15.1. The van der Waals surface area contributed by atoms with Crippen molar-refractivity contribution in [1.29, 1.82) is 0 Å². The molecule has 0 bridgehead atoms. The van der Waals surface area contributed by atoms with Crippen LogP contribution in [-0.2, 0) is 19.2 Å². The van der Waals surface area contributed by atoms with Crippen molar-refractivity contribution in [1.82, 2.24) is 9.80 Å². The molecule has 0 aromatic rings. The molecule has 0 spiro atoms. The van der Waals surface area contributed by atoms with Crippen molar-refractivity contribution in [3.8, 4) is 0 Å². The van der Waals surface area contributed by atoms with Gasteiger partial charge in [-0.25, -0.2) is 0 Å². The van der Waals surface area contributed by atoms with Gasteiger partial charge in [-0.1, -0.05) is 0 Å². The molecule has 0 fully saturated rings. The molecule has 0 aliphatic rings. The van der Waals surface area contributed by atoms with Crippen molar-refractivity contribution < 1.29 is 69.2 Å². The van der Waals surface area contributed by atoms with E-state index >= 15 is 0 Å². The number of hydrogen-bond donors (Lipinski definition) is 0. The first-order valence-electron chi connectivity index (χ1n) is 5.44. The van der Waals surface area contributed by atoms with Gasteiger partial charge < -0.3 is 39.6 Å². The molecule has 0 radical (unpaired) electrons. The Morgan fingerprint density at radius 1 is 0.591 bits per heavy atom. The largest absolute Gasteiger partial charge is 3.00 e. The van der Waals surface area contributed by atoms with Crippen molar-refractivity contribution in [2.24, 2.45) is 0 Å². The summed E-state index contributed by atoms with van der Waals surface area (Å²) in [6, 6.07) is 0. The first-order chi connectivity index (χ1) is 9.20. The summed E-state index contributed by atoms with van der Waals surface area (Å²) in [6.45, 7) is -3.25. The summed E-state index contributed by atoms with van der Waals surface area (Å²) in [5.41, 5.74) is 0. The predicted molar refractivity (Wildman–Crippen MR) is 58.7 cm³/mol. The van der Waals surface area contributed by atoms with Gasteiger partial charge in [0.1, 0.15) is 0 Å². The van der Waals surface area contributed by atoms with Crippen molar-refractivity contribution in [3.63, 3.8) is 0 Å². The summed E-state index contributed by atoms with van der Waals surface area (Å²) in [5.74, 6) is -6.12. The first-order valence-corrected chi connectivity index (χ1v) is 5.44. The number of carboxylic acids is 4. The number of carbonyl (C=O) groups is 4. The monoisotopic (exact) mass is 338 g/mol. The minimum absolute atomic E-state index is 0. The normalized spacial score (nSPS) is 9.73. The van der Waals surface area contributed by atoms with E-state index in [9.17, 15) is 39.6 Å². The molecule has 0 unspecified atom stereocenters. The molecule has 0 saturated heterocycles. The third kappa shape index (κ3) is 15.7. The number of hydrogen-bond acceptors (Lipinski definition) is 10. The molecule has 22 heavy (non-hydrogen) atoms. The topological polar surface area (TPSA) is 167 Å². The molecule has 0 saturated carbocycles. The van der Waals surface area contributed by atoms with Crippen molar-refractivity contribution in [2.45, 2.75) is 0 Å². The van der Waals surface area contributed by atoms with E-state index < -0.39 is 50.1 Å². The molecule has 10 nitrogen and oxygen atoms in total. The molecule has 0 heterocycles. The zero-order chi connectivity index (χ0) is 15.7. The fourth-order valence-electron chi connectivity index (χ4n) is 1.44. The second-order valence-corrected chi connectivity index (χ2v) is 3.91. The van der Waals surface area contributed by atoms with Gasteiger partial charge >= 0.3 is 46.9 Å². The number of nitrogens with zero attached hydrogens (tertiary/aromatic N) is 2. The maximum absolute atomic E-state index is 10.4. The Bertz CT molecular complexity index is 327. The van der Waals surface area contributed by atoms with E-state index in [1.807, 2.05) is 0 Å². The summed E-state index contributed by atoms with van der Waals surface area (Å²) in [5, 5.41) is 41.6. The molecule has 0 amide bonds. The SMILES string of the molecule is O=C([O-])CN(CCN(CC(=O)[O-])CC(=O)[O-])CC(=O)[O-].[Al+3].[Na+]. The summed E-state index contributed by atoms with van der Waals surface area (Å²) in [7, 11) is 0. The summed E-state index contributed by atoms with van der Waals surface area (Å²) >= 11 is 0. The third-order valence-corrected chi connectivity index (χ3v) is 2.14. The summed E-state index contributed by atoms with van der Waals surface area (Å²) in [6.07, 6.45) is 0. The summed E-state index contributed by atoms with van der Waals surface area (Å²) < 4.78 is 0. The van der Waals surface area contributed by atoms with Crippen LogP contribution in [0.15, 0.2) is 0 Å². The van der Waals surface area contributed by atoms with E-state index in [-0.39, 0.29) is 60.0 Å². The van der Waals surface area contributed by atoms with Gasteiger partial charge in [-0.2, -0.15) is 0 Å². The molecular formula is C10H12AlN2NaO8. The van der Waals surface area contributed by atoms with E-state index in [0.717, 1.165) is 9.80 Å². The van der Waals surface area contributed by atoms with Crippen LogP contribution in [0.25, 0.3) is 0 Å². The average Bonchev–Trinajstić information content (AvgIpc) is 2.22. The number of aliphatic carboxylic acids is 4. The van der Waals surface area contributed by atoms with Crippen LogP contribution >= 0.6 is 0 Å². The molecule has 0 rings (SSSR count). The third-order valence-electron chi connectivity index (χ3n) is 2.14. The van der Waals surface area contributed by atoms with Crippen molar-refractivity contribution >= 4 is 41.2 Å². The van der Waals surface area contributed by atoms with Gasteiger partial charge in [-0.15, -0.1) is 0 Å². The zero-order valence-electron chi connectivity index (χ0n) is 12.0. The van der Waals surface area contributed by atoms with Crippen LogP contribution in [0.2, 0.25) is 0 Å². The van der Waals surface area contributed by atoms with Crippen LogP contribution in [0.4, 0.5) is 0 Å². The molecule has 12 heteroatoms. The van der Waals surface area contributed by atoms with Crippen molar-refractivity contribution in [2.75, 3.05) is 39.3 Å². The van der Waals surface area contributed by atoms with Gasteiger partial charge in [-0.3, -0.25) is 9.80 Å². The Labute approximate surface area is 159 Å². The van der Waals surface area contributed by atoms with E-state index in [1.54, 1.807) is 0 Å². The average molecular weight is 338 g/mol. The van der Waals surface area contributed by atoms with E-state index in [2.05, 4.69) is 0 Å². The minimum atomic E-state index is -1.53. The molecule has 0 N–H and O–H groups in total. The van der Waals surface area contributed by atoms with Crippen LogP contribution in [0.3, 0.4) is 0 Å². The minimum Gasteiger partial charge on any atom is -0.549 e. The standard InChI is InChI=1S/C10H16N2O8.Al.Na/c13-7(14)3-11(4-8(15)16)1-2-12(5-9(17)18)6-10(19)20;;/h1-6H2,(H,13,14)(H,15,16)(H,17,18)(H,19,20);;/q;+3;+1/p-4. The van der Waals surface area contributed by atoms with Gasteiger partial charge in [-0.05, 0) is 0 Å². The van der Waals surface area contributed by atoms with Gasteiger partial charge in [0, 0.05) is 39.3 Å². The van der Waals surface area contributed by atoms with Crippen LogP contribution < -0.4 is 50.0 Å². The van der Waals surface area contributed by atoms with Gasteiger partial charge in [0.05, 0.1) is 23.9 Å². The first kappa shape index (κ1) is 26.2. The van der Waals surface area contributed by atoms with Crippen LogP contribution in [0, 0.1) is 0 Å². The van der Waals surface area contributed by atoms with E-state index in [1.165, 1.54) is 0 Å². The molecule has 0 atom stereocenters. The van der Waals surface area contributed by atoms with Crippen LogP contribution in [0.1, 0.15) is 0 Å². The Morgan fingerprint density at radius 2 is 0.773 bits per heavy atom. The van der Waals surface area contributed by atoms with Gasteiger partial charge in [0.25, 0.3) is 0 Å². The number of carboxylic acid groups (broad SMARTS) is 4.